The summed E-state index contributed by atoms with van der Waals surface area (Å²) in [5.41, 5.74) is 0.732. The molecule has 5 nitrogen and oxygen atoms in total. The summed E-state index contributed by atoms with van der Waals surface area (Å²) in [7, 11) is 0. The van der Waals surface area contributed by atoms with E-state index in [2.05, 4.69) is 11.9 Å². The van der Waals surface area contributed by atoms with Crippen LogP contribution < -0.4 is 10.1 Å². The predicted molar refractivity (Wildman–Crippen MR) is 64.5 cm³/mol. The molecule has 0 aliphatic rings. The number of hydrogen-bond acceptors (Lipinski definition) is 3. The van der Waals surface area contributed by atoms with E-state index in [1.165, 1.54) is 0 Å². The lowest BCUT2D eigenvalue weighted by atomic mass is 10.3. The van der Waals surface area contributed by atoms with E-state index in [0.717, 1.165) is 0 Å². The molecule has 0 aliphatic carbocycles. The monoisotopic (exact) mass is 237 g/mol. The molecular weight excluding hydrogens is 220 g/mol. The highest BCUT2D eigenvalue weighted by molar-refractivity contribution is 5.92. The number of amides is 1. The van der Waals surface area contributed by atoms with Gasteiger partial charge in [-0.15, -0.1) is 0 Å². The van der Waals surface area contributed by atoms with Crippen LogP contribution in [0.15, 0.2) is 42.5 Å². The number of para-hydroxylation sites is 1. The van der Waals surface area contributed by atoms with Crippen molar-refractivity contribution in [3.63, 3.8) is 0 Å². The molecule has 1 rings (SSSR count). The third kappa shape index (κ3) is 3.99. The van der Waals surface area contributed by atoms with Gasteiger partial charge in [0, 0.05) is 17.7 Å². The van der Waals surface area contributed by atoms with Gasteiger partial charge in [-0.05, 0) is 11.7 Å². The van der Waals surface area contributed by atoms with Gasteiger partial charge in [-0.3, -0.25) is 4.79 Å². The average molecular weight is 237 g/mol. The molecule has 5 heteroatoms. The minimum Gasteiger partial charge on any atom is -0.346 e. The first kappa shape index (κ1) is 13.4. The zero-order chi connectivity index (χ0) is 12.9. The van der Waals surface area contributed by atoms with Gasteiger partial charge in [-0.2, -0.15) is 10.4 Å². The van der Waals surface area contributed by atoms with Gasteiger partial charge in [0.1, 0.15) is 0 Å². The minimum absolute atomic E-state index is 0.0387. The largest absolute Gasteiger partial charge is 0.346 e. The number of benzene rings is 1. The second kappa shape index (κ2) is 5.58. The Morgan fingerprint density at radius 2 is 1.94 bits per heavy atom. The first-order chi connectivity index (χ1) is 7.93. The number of rotatable bonds is 5. The number of nitrogens with one attached hydrogen (secondary N) is 1. The number of carbonyl (C=O) groups excluding carboxylic acids is 1. The lowest BCUT2D eigenvalue weighted by Crippen LogP contribution is -2.47. The zero-order valence-corrected chi connectivity index (χ0v) is 9.76. The van der Waals surface area contributed by atoms with Crippen LogP contribution in [-0.2, 0) is 4.79 Å². The van der Waals surface area contributed by atoms with Gasteiger partial charge in [-0.25, -0.2) is 0 Å². The van der Waals surface area contributed by atoms with E-state index in [-0.39, 0.29) is 19.0 Å². The maximum absolute atomic E-state index is 11.2. The van der Waals surface area contributed by atoms with Crippen LogP contribution in [0, 0.1) is 0 Å². The van der Waals surface area contributed by atoms with Crippen LogP contribution in [0.5, 0.6) is 0 Å². The molecular formula is C12H17N2O3+. The van der Waals surface area contributed by atoms with Gasteiger partial charge in [0.05, 0.1) is 6.54 Å². The number of hydroxylamine groups is 2. The van der Waals surface area contributed by atoms with Crippen LogP contribution >= 0.6 is 0 Å². The fourth-order valence-corrected chi connectivity index (χ4v) is 1.27. The number of carbonyl (C=O) groups is 1. The Bertz CT molecular complexity index is 401. The van der Waals surface area contributed by atoms with Crippen molar-refractivity contribution in [3.8, 4) is 0 Å². The number of hydrogen-bond donors (Lipinski definition) is 3. The topological polar surface area (TPSA) is 69.6 Å². The second-order valence-corrected chi connectivity index (χ2v) is 3.83. The molecule has 1 amide bonds. The zero-order valence-electron chi connectivity index (χ0n) is 9.76. The fraction of sp³-hybridized carbons (Fsp3) is 0.250. The molecule has 0 atom stereocenters. The third-order valence-corrected chi connectivity index (χ3v) is 2.27. The molecule has 17 heavy (non-hydrogen) atoms. The Morgan fingerprint density at radius 1 is 1.35 bits per heavy atom. The highest BCUT2D eigenvalue weighted by Gasteiger charge is 2.26. The van der Waals surface area contributed by atoms with Crippen LogP contribution in [0.1, 0.15) is 6.92 Å². The van der Waals surface area contributed by atoms with Crippen LogP contribution in [0.4, 0.5) is 5.69 Å². The molecule has 0 saturated heterocycles. The van der Waals surface area contributed by atoms with Crippen LogP contribution in [0.25, 0.3) is 0 Å². The molecule has 1 aromatic rings. The summed E-state index contributed by atoms with van der Waals surface area (Å²) in [5, 5.41) is 22.0. The summed E-state index contributed by atoms with van der Waals surface area (Å²) >= 11 is 0. The van der Waals surface area contributed by atoms with Gasteiger partial charge >= 0.3 is 0 Å². The van der Waals surface area contributed by atoms with Gasteiger partial charge in [0.2, 0.25) is 5.91 Å². The lowest BCUT2D eigenvalue weighted by Gasteiger charge is -2.20. The summed E-state index contributed by atoms with van der Waals surface area (Å²) in [5.74, 6) is -0.293. The molecule has 92 valence electrons. The van der Waals surface area contributed by atoms with Gasteiger partial charge in [-0.1, -0.05) is 24.8 Å². The van der Waals surface area contributed by atoms with E-state index in [9.17, 15) is 15.2 Å². The summed E-state index contributed by atoms with van der Waals surface area (Å²) in [6, 6.07) is 8.40. The maximum Gasteiger partial charge on any atom is 0.246 e. The molecule has 0 fully saturated rings. The van der Waals surface area contributed by atoms with E-state index < -0.39 is 4.81 Å². The molecule has 0 aliphatic heterocycles. The van der Waals surface area contributed by atoms with Crippen molar-refractivity contribution in [1.82, 2.24) is 10.1 Å². The SMILES string of the molecule is C=C(C)C(=O)NCC[N+](O)(O)c1ccccc1. The Morgan fingerprint density at radius 3 is 2.47 bits per heavy atom. The highest BCUT2D eigenvalue weighted by Crippen LogP contribution is 2.16. The van der Waals surface area contributed by atoms with E-state index in [1.54, 1.807) is 37.3 Å². The Balaban J connectivity index is 2.51. The molecule has 0 saturated carbocycles. The Labute approximate surface area is 100 Å². The van der Waals surface area contributed by atoms with Gasteiger partial charge in [0.25, 0.3) is 0 Å². The van der Waals surface area contributed by atoms with E-state index in [4.69, 9.17) is 0 Å². The van der Waals surface area contributed by atoms with Crippen molar-refractivity contribution in [2.24, 2.45) is 0 Å². The van der Waals surface area contributed by atoms with Crippen molar-refractivity contribution in [1.29, 1.82) is 0 Å². The molecule has 0 unspecified atom stereocenters. The molecule has 0 bridgehead atoms. The number of nitrogens with zero attached hydrogens (tertiary/aromatic N) is 1. The molecule has 3 N–H and O–H groups in total. The molecule has 0 radical (unpaired) electrons. The van der Waals surface area contributed by atoms with Crippen molar-refractivity contribution >= 4 is 11.6 Å². The van der Waals surface area contributed by atoms with Crippen molar-refractivity contribution in [2.75, 3.05) is 13.1 Å². The fourth-order valence-electron chi connectivity index (χ4n) is 1.27. The summed E-state index contributed by atoms with van der Waals surface area (Å²) in [6.07, 6.45) is 0. The molecule has 0 heterocycles. The molecule has 1 aromatic carbocycles. The van der Waals surface area contributed by atoms with Crippen molar-refractivity contribution in [3.05, 3.63) is 42.5 Å². The third-order valence-electron chi connectivity index (χ3n) is 2.27. The quantitative estimate of drug-likeness (QED) is 0.412. The predicted octanol–water partition coefficient (Wildman–Crippen LogP) is 1.46. The Hall–Kier alpha value is -1.69. The summed E-state index contributed by atoms with van der Waals surface area (Å²) < 4.78 is 0. The average Bonchev–Trinajstić information content (AvgIpc) is 2.29. The van der Waals surface area contributed by atoms with Gasteiger partial charge in [0.15, 0.2) is 12.2 Å². The van der Waals surface area contributed by atoms with E-state index >= 15 is 0 Å². The number of quaternary nitrogens is 1. The minimum atomic E-state index is -1.25. The Kier molecular flexibility index (Phi) is 4.39. The van der Waals surface area contributed by atoms with E-state index in [1.807, 2.05) is 0 Å². The van der Waals surface area contributed by atoms with Crippen molar-refractivity contribution in [2.45, 2.75) is 6.92 Å². The van der Waals surface area contributed by atoms with Gasteiger partial charge < -0.3 is 5.32 Å². The summed E-state index contributed by atoms with van der Waals surface area (Å²) in [4.78, 5) is 9.93. The van der Waals surface area contributed by atoms with Crippen LogP contribution in [0.2, 0.25) is 0 Å². The first-order valence-electron chi connectivity index (χ1n) is 5.26. The molecule has 0 aromatic heterocycles. The van der Waals surface area contributed by atoms with Crippen LogP contribution in [-0.4, -0.2) is 29.4 Å². The maximum atomic E-state index is 11.2. The first-order valence-corrected chi connectivity index (χ1v) is 5.26. The standard InChI is InChI=1S/C12H16N2O3/c1-10(2)12(15)13-8-9-14(16,17)11-6-4-3-5-7-11/h3-7,16-17H,1,8-9H2,2H3/p+1. The van der Waals surface area contributed by atoms with Crippen molar-refractivity contribution < 1.29 is 15.2 Å². The second-order valence-electron chi connectivity index (χ2n) is 3.83. The molecule has 0 spiro atoms. The normalized spacial score (nSPS) is 11.0. The van der Waals surface area contributed by atoms with Crippen LogP contribution in [0.3, 0.4) is 0 Å². The lowest BCUT2D eigenvalue weighted by molar-refractivity contribution is -0.289. The smallest absolute Gasteiger partial charge is 0.246 e. The van der Waals surface area contributed by atoms with E-state index in [0.29, 0.717) is 11.3 Å². The highest BCUT2D eigenvalue weighted by atomic mass is 16.8. The summed E-state index contributed by atoms with van der Waals surface area (Å²) in [6.45, 7) is 5.18.